The van der Waals surface area contributed by atoms with Gasteiger partial charge in [-0.2, -0.15) is 0 Å². The Kier molecular flexibility index (Phi) is 7.65. The molecular formula is C23H30FN5O. The van der Waals surface area contributed by atoms with Crippen molar-refractivity contribution in [2.75, 3.05) is 32.0 Å². The molecule has 2 N–H and O–H groups in total. The Morgan fingerprint density at radius 1 is 1.13 bits per heavy atom. The van der Waals surface area contributed by atoms with E-state index in [4.69, 9.17) is 4.99 Å². The molecule has 2 aromatic carbocycles. The minimum atomic E-state index is -0.240. The van der Waals surface area contributed by atoms with E-state index in [1.807, 2.05) is 54.1 Å². The quantitative estimate of drug-likeness (QED) is 0.557. The van der Waals surface area contributed by atoms with Gasteiger partial charge in [0.1, 0.15) is 5.82 Å². The number of guanidine groups is 1. The van der Waals surface area contributed by atoms with E-state index in [1.165, 1.54) is 12.1 Å². The molecule has 30 heavy (non-hydrogen) atoms. The van der Waals surface area contributed by atoms with Gasteiger partial charge < -0.3 is 20.4 Å². The highest BCUT2D eigenvalue weighted by molar-refractivity contribution is 5.89. The summed E-state index contributed by atoms with van der Waals surface area (Å²) in [6.45, 7) is 5.41. The SMILES string of the molecule is CCNC(=NCc1cccc(NC(=O)N2CCCC2)c1)N(C)Cc1cccc(F)c1. The Morgan fingerprint density at radius 2 is 1.87 bits per heavy atom. The van der Waals surface area contributed by atoms with Crippen LogP contribution in [0.25, 0.3) is 0 Å². The highest BCUT2D eigenvalue weighted by Gasteiger charge is 2.17. The number of hydrogen-bond donors (Lipinski definition) is 2. The van der Waals surface area contributed by atoms with Crippen LogP contribution in [0.1, 0.15) is 30.9 Å². The maximum atomic E-state index is 13.5. The number of amides is 2. The van der Waals surface area contributed by atoms with Crippen LogP contribution < -0.4 is 10.6 Å². The zero-order valence-corrected chi connectivity index (χ0v) is 17.7. The van der Waals surface area contributed by atoms with E-state index in [1.54, 1.807) is 6.07 Å². The van der Waals surface area contributed by atoms with Gasteiger partial charge in [0.25, 0.3) is 0 Å². The molecule has 6 nitrogen and oxygen atoms in total. The summed E-state index contributed by atoms with van der Waals surface area (Å²) in [6, 6.07) is 14.3. The summed E-state index contributed by atoms with van der Waals surface area (Å²) < 4.78 is 13.5. The number of carbonyl (C=O) groups is 1. The van der Waals surface area contributed by atoms with Gasteiger partial charge in [0.05, 0.1) is 6.54 Å². The number of rotatable bonds is 6. The molecule has 160 valence electrons. The molecule has 0 aliphatic carbocycles. The Morgan fingerprint density at radius 3 is 2.60 bits per heavy atom. The molecule has 2 aromatic rings. The molecule has 0 unspecified atom stereocenters. The minimum absolute atomic E-state index is 0.0451. The summed E-state index contributed by atoms with van der Waals surface area (Å²) in [4.78, 5) is 20.8. The highest BCUT2D eigenvalue weighted by atomic mass is 19.1. The molecule has 1 saturated heterocycles. The molecule has 1 aliphatic rings. The molecule has 1 heterocycles. The van der Waals surface area contributed by atoms with Crippen LogP contribution in [0.3, 0.4) is 0 Å². The zero-order chi connectivity index (χ0) is 21.3. The lowest BCUT2D eigenvalue weighted by molar-refractivity contribution is 0.222. The van der Waals surface area contributed by atoms with Gasteiger partial charge in [0.2, 0.25) is 0 Å². The fourth-order valence-electron chi connectivity index (χ4n) is 3.49. The standard InChI is InChI=1S/C23H30FN5O/c1-3-25-22(28(2)17-19-9-6-10-20(24)14-19)26-16-18-8-7-11-21(15-18)27-23(30)29-12-4-5-13-29/h6-11,14-15H,3-5,12-13,16-17H2,1-2H3,(H,25,26)(H,27,30). The number of urea groups is 1. The van der Waals surface area contributed by atoms with Crippen molar-refractivity contribution in [1.29, 1.82) is 0 Å². The number of nitrogens with zero attached hydrogens (tertiary/aromatic N) is 3. The van der Waals surface area contributed by atoms with Crippen molar-refractivity contribution in [3.05, 3.63) is 65.5 Å². The smallest absolute Gasteiger partial charge is 0.321 e. The normalized spacial score (nSPS) is 14.0. The number of benzene rings is 2. The van der Waals surface area contributed by atoms with Crippen molar-refractivity contribution in [1.82, 2.24) is 15.1 Å². The van der Waals surface area contributed by atoms with Crippen LogP contribution in [0.4, 0.5) is 14.9 Å². The van der Waals surface area contributed by atoms with Gasteiger partial charge in [-0.1, -0.05) is 24.3 Å². The fraction of sp³-hybridized carbons (Fsp3) is 0.391. The fourth-order valence-corrected chi connectivity index (χ4v) is 3.49. The lowest BCUT2D eigenvalue weighted by atomic mass is 10.2. The summed E-state index contributed by atoms with van der Waals surface area (Å²) in [6.07, 6.45) is 2.14. The molecule has 0 atom stereocenters. The number of hydrogen-bond acceptors (Lipinski definition) is 2. The Balaban J connectivity index is 1.64. The molecule has 0 bridgehead atoms. The largest absolute Gasteiger partial charge is 0.357 e. The van der Waals surface area contributed by atoms with Crippen LogP contribution in [0.5, 0.6) is 0 Å². The van der Waals surface area contributed by atoms with Crippen molar-refractivity contribution in [3.63, 3.8) is 0 Å². The average molecular weight is 412 g/mol. The number of aliphatic imine (C=N–C) groups is 1. The van der Waals surface area contributed by atoms with Gasteiger partial charge in [-0.15, -0.1) is 0 Å². The Labute approximate surface area is 177 Å². The van der Waals surface area contributed by atoms with Crippen molar-refractivity contribution in [3.8, 4) is 0 Å². The minimum Gasteiger partial charge on any atom is -0.357 e. The third kappa shape index (κ3) is 6.20. The monoisotopic (exact) mass is 411 g/mol. The highest BCUT2D eigenvalue weighted by Crippen LogP contribution is 2.15. The first-order chi connectivity index (χ1) is 14.5. The van der Waals surface area contributed by atoms with Gasteiger partial charge in [0.15, 0.2) is 5.96 Å². The van der Waals surface area contributed by atoms with E-state index in [2.05, 4.69) is 10.6 Å². The molecule has 0 radical (unpaired) electrons. The maximum Gasteiger partial charge on any atom is 0.321 e. The summed E-state index contributed by atoms with van der Waals surface area (Å²) in [5.74, 6) is 0.504. The van der Waals surface area contributed by atoms with Gasteiger partial charge in [0, 0.05) is 38.9 Å². The average Bonchev–Trinajstić information content (AvgIpc) is 3.26. The summed E-state index contributed by atoms with van der Waals surface area (Å²) >= 11 is 0. The van der Waals surface area contributed by atoms with Crippen LogP contribution in [-0.4, -0.2) is 48.5 Å². The van der Waals surface area contributed by atoms with E-state index < -0.39 is 0 Å². The number of halogens is 1. The molecule has 1 aliphatic heterocycles. The van der Waals surface area contributed by atoms with Gasteiger partial charge in [-0.05, 0) is 55.2 Å². The predicted octanol–water partition coefficient (Wildman–Crippen LogP) is 4.05. The molecule has 0 aromatic heterocycles. The molecule has 0 saturated carbocycles. The van der Waals surface area contributed by atoms with Crippen molar-refractivity contribution >= 4 is 17.7 Å². The number of nitrogens with one attached hydrogen (secondary N) is 2. The summed E-state index contributed by atoms with van der Waals surface area (Å²) in [7, 11) is 1.93. The lowest BCUT2D eigenvalue weighted by Crippen LogP contribution is -2.38. The topological polar surface area (TPSA) is 60.0 Å². The van der Waals surface area contributed by atoms with E-state index in [9.17, 15) is 9.18 Å². The van der Waals surface area contributed by atoms with Gasteiger partial charge >= 0.3 is 6.03 Å². The van der Waals surface area contributed by atoms with Crippen molar-refractivity contribution < 1.29 is 9.18 Å². The summed E-state index contributed by atoms with van der Waals surface area (Å²) in [5, 5.41) is 6.25. The zero-order valence-electron chi connectivity index (χ0n) is 17.7. The predicted molar refractivity (Wildman–Crippen MR) is 119 cm³/mol. The van der Waals surface area contributed by atoms with Crippen LogP contribution in [0, 0.1) is 5.82 Å². The van der Waals surface area contributed by atoms with Crippen molar-refractivity contribution in [2.24, 2.45) is 4.99 Å². The molecule has 1 fully saturated rings. The second-order valence-electron chi connectivity index (χ2n) is 7.48. The van der Waals surface area contributed by atoms with E-state index in [0.717, 1.165) is 55.2 Å². The Bertz CT molecular complexity index is 879. The molecule has 2 amide bonds. The van der Waals surface area contributed by atoms with Gasteiger partial charge in [-0.3, -0.25) is 0 Å². The first-order valence-electron chi connectivity index (χ1n) is 10.4. The van der Waals surface area contributed by atoms with Crippen LogP contribution in [0.2, 0.25) is 0 Å². The van der Waals surface area contributed by atoms with Crippen LogP contribution in [0.15, 0.2) is 53.5 Å². The molecule has 0 spiro atoms. The maximum absolute atomic E-state index is 13.5. The van der Waals surface area contributed by atoms with E-state index in [-0.39, 0.29) is 11.8 Å². The lowest BCUT2D eigenvalue weighted by Gasteiger charge is -2.22. The van der Waals surface area contributed by atoms with Crippen LogP contribution >= 0.6 is 0 Å². The molecule has 7 heteroatoms. The second kappa shape index (κ2) is 10.6. The first kappa shape index (κ1) is 21.6. The van der Waals surface area contributed by atoms with Crippen LogP contribution in [-0.2, 0) is 13.1 Å². The van der Waals surface area contributed by atoms with Crippen molar-refractivity contribution in [2.45, 2.75) is 32.9 Å². The molecular weight excluding hydrogens is 381 g/mol. The molecule has 3 rings (SSSR count). The second-order valence-corrected chi connectivity index (χ2v) is 7.48. The number of anilines is 1. The Hall–Kier alpha value is -3.09. The first-order valence-corrected chi connectivity index (χ1v) is 10.4. The third-order valence-electron chi connectivity index (χ3n) is 4.99. The van der Waals surface area contributed by atoms with E-state index >= 15 is 0 Å². The van der Waals surface area contributed by atoms with Gasteiger partial charge in [-0.25, -0.2) is 14.2 Å². The third-order valence-corrected chi connectivity index (χ3v) is 4.99. The number of carbonyl (C=O) groups excluding carboxylic acids is 1. The number of likely N-dealkylation sites (tertiary alicyclic amines) is 1. The summed E-state index contributed by atoms with van der Waals surface area (Å²) in [5.41, 5.74) is 2.66. The van der Waals surface area contributed by atoms with E-state index in [0.29, 0.717) is 13.1 Å².